The molecule has 1 unspecified atom stereocenters. The average Bonchev–Trinajstić information content (AvgIpc) is 2.79. The van der Waals surface area contributed by atoms with Crippen molar-refractivity contribution in [1.82, 2.24) is 5.32 Å². The minimum absolute atomic E-state index is 0.0371. The highest BCUT2D eigenvalue weighted by atomic mass is 16.5. The second-order valence-electron chi connectivity index (χ2n) is 3.87. The normalized spacial score (nSPS) is 11.7. The lowest BCUT2D eigenvalue weighted by Gasteiger charge is -2.13. The fourth-order valence-electron chi connectivity index (χ4n) is 1.48. The number of aryl methyl sites for hydroxylation is 1. The van der Waals surface area contributed by atoms with Gasteiger partial charge in [0.05, 0.1) is 18.9 Å². The fourth-order valence-corrected chi connectivity index (χ4v) is 1.48. The van der Waals surface area contributed by atoms with E-state index >= 15 is 0 Å². The Bertz CT molecular complexity index is 478. The van der Waals surface area contributed by atoms with Crippen LogP contribution >= 0.6 is 0 Å². The van der Waals surface area contributed by atoms with Crippen molar-refractivity contribution in [3.8, 4) is 0 Å². The number of hydrogen-bond acceptors (Lipinski definition) is 5. The van der Waals surface area contributed by atoms with Crippen molar-refractivity contribution >= 4 is 17.8 Å². The first kappa shape index (κ1) is 14.7. The number of aliphatic carboxylic acids is 1. The predicted octanol–water partition coefficient (Wildman–Crippen LogP) is 0.724. The third kappa shape index (κ3) is 4.13. The standard InChI is InChI=1S/C12H15NO6/c1-7-8(5-6-19-7)11(15)13-9(12(16)17)3-4-10(14)18-2/h5-6,9H,3-4H2,1-2H3,(H,13,15)(H,16,17). The SMILES string of the molecule is COC(=O)CCC(NC(=O)c1ccoc1C)C(=O)O. The van der Waals surface area contributed by atoms with Crippen LogP contribution in [0.25, 0.3) is 0 Å². The minimum Gasteiger partial charge on any atom is -0.480 e. The number of furan rings is 1. The molecule has 7 nitrogen and oxygen atoms in total. The fraction of sp³-hybridized carbons (Fsp3) is 0.417. The van der Waals surface area contributed by atoms with Crippen molar-refractivity contribution in [3.05, 3.63) is 23.7 Å². The highest BCUT2D eigenvalue weighted by molar-refractivity contribution is 5.97. The number of methoxy groups -OCH3 is 1. The zero-order valence-electron chi connectivity index (χ0n) is 10.6. The van der Waals surface area contributed by atoms with Crippen LogP contribution in [0.5, 0.6) is 0 Å². The van der Waals surface area contributed by atoms with Crippen LogP contribution in [-0.4, -0.2) is 36.1 Å². The van der Waals surface area contributed by atoms with E-state index in [0.29, 0.717) is 5.76 Å². The summed E-state index contributed by atoms with van der Waals surface area (Å²) in [4.78, 5) is 33.8. The molecule has 1 heterocycles. The maximum Gasteiger partial charge on any atom is 0.326 e. The van der Waals surface area contributed by atoms with Crippen LogP contribution in [-0.2, 0) is 14.3 Å². The van der Waals surface area contributed by atoms with E-state index in [0.717, 1.165) is 0 Å². The second-order valence-corrected chi connectivity index (χ2v) is 3.87. The first-order valence-electron chi connectivity index (χ1n) is 5.60. The molecule has 1 amide bonds. The Morgan fingerprint density at radius 3 is 2.63 bits per heavy atom. The molecule has 0 spiro atoms. The predicted molar refractivity (Wildman–Crippen MR) is 63.6 cm³/mol. The van der Waals surface area contributed by atoms with E-state index in [4.69, 9.17) is 9.52 Å². The molecule has 1 rings (SSSR count). The number of carboxylic acid groups (broad SMARTS) is 1. The van der Waals surface area contributed by atoms with E-state index in [1.165, 1.54) is 19.4 Å². The van der Waals surface area contributed by atoms with E-state index in [1.807, 2.05) is 0 Å². The van der Waals surface area contributed by atoms with Gasteiger partial charge in [-0.25, -0.2) is 4.79 Å². The average molecular weight is 269 g/mol. The van der Waals surface area contributed by atoms with Gasteiger partial charge < -0.3 is 19.6 Å². The van der Waals surface area contributed by atoms with E-state index in [9.17, 15) is 14.4 Å². The maximum absolute atomic E-state index is 11.8. The van der Waals surface area contributed by atoms with Crippen molar-refractivity contribution < 1.29 is 28.6 Å². The van der Waals surface area contributed by atoms with Crippen molar-refractivity contribution in [2.75, 3.05) is 7.11 Å². The molecule has 0 radical (unpaired) electrons. The second kappa shape index (κ2) is 6.58. The molecule has 0 aliphatic carbocycles. The molecule has 19 heavy (non-hydrogen) atoms. The van der Waals surface area contributed by atoms with Gasteiger partial charge in [0.1, 0.15) is 11.8 Å². The number of carbonyl (C=O) groups excluding carboxylic acids is 2. The zero-order chi connectivity index (χ0) is 14.4. The molecule has 1 aromatic heterocycles. The van der Waals surface area contributed by atoms with Crippen LogP contribution in [0.4, 0.5) is 0 Å². The molecule has 7 heteroatoms. The van der Waals surface area contributed by atoms with Gasteiger partial charge in [-0.15, -0.1) is 0 Å². The molecule has 0 aromatic carbocycles. The molecular formula is C12H15NO6. The Morgan fingerprint density at radius 1 is 1.47 bits per heavy atom. The Balaban J connectivity index is 2.64. The molecule has 0 saturated heterocycles. The molecular weight excluding hydrogens is 254 g/mol. The largest absolute Gasteiger partial charge is 0.480 e. The van der Waals surface area contributed by atoms with Gasteiger partial charge in [-0.05, 0) is 19.4 Å². The van der Waals surface area contributed by atoms with Crippen molar-refractivity contribution in [2.45, 2.75) is 25.8 Å². The summed E-state index contributed by atoms with van der Waals surface area (Å²) < 4.78 is 9.38. The van der Waals surface area contributed by atoms with E-state index in [-0.39, 0.29) is 18.4 Å². The first-order valence-corrected chi connectivity index (χ1v) is 5.60. The van der Waals surface area contributed by atoms with Crippen molar-refractivity contribution in [3.63, 3.8) is 0 Å². The third-order valence-electron chi connectivity index (χ3n) is 2.57. The molecule has 0 aliphatic heterocycles. The van der Waals surface area contributed by atoms with Gasteiger partial charge in [-0.2, -0.15) is 0 Å². The third-order valence-corrected chi connectivity index (χ3v) is 2.57. The van der Waals surface area contributed by atoms with Crippen LogP contribution in [0.2, 0.25) is 0 Å². The van der Waals surface area contributed by atoms with Crippen molar-refractivity contribution in [2.24, 2.45) is 0 Å². The Kier molecular flexibility index (Phi) is 5.11. The highest BCUT2D eigenvalue weighted by Crippen LogP contribution is 2.09. The van der Waals surface area contributed by atoms with Gasteiger partial charge in [0.2, 0.25) is 0 Å². The summed E-state index contributed by atoms with van der Waals surface area (Å²) in [5, 5.41) is 11.3. The highest BCUT2D eigenvalue weighted by Gasteiger charge is 2.23. The number of esters is 1. The molecule has 2 N–H and O–H groups in total. The van der Waals surface area contributed by atoms with Crippen LogP contribution in [0.1, 0.15) is 29.0 Å². The number of amides is 1. The topological polar surface area (TPSA) is 106 Å². The number of carbonyl (C=O) groups is 3. The van der Waals surface area contributed by atoms with E-state index in [1.54, 1.807) is 6.92 Å². The van der Waals surface area contributed by atoms with Crippen LogP contribution in [0.3, 0.4) is 0 Å². The molecule has 1 atom stereocenters. The first-order chi connectivity index (χ1) is 8.95. The zero-order valence-corrected chi connectivity index (χ0v) is 10.6. The van der Waals surface area contributed by atoms with E-state index < -0.39 is 23.9 Å². The Morgan fingerprint density at radius 2 is 2.16 bits per heavy atom. The van der Waals surface area contributed by atoms with Crippen molar-refractivity contribution in [1.29, 1.82) is 0 Å². The molecule has 0 bridgehead atoms. The smallest absolute Gasteiger partial charge is 0.326 e. The molecule has 0 aliphatic rings. The maximum atomic E-state index is 11.8. The monoisotopic (exact) mass is 269 g/mol. The van der Waals surface area contributed by atoms with E-state index in [2.05, 4.69) is 10.1 Å². The summed E-state index contributed by atoms with van der Waals surface area (Å²) in [6.45, 7) is 1.60. The number of hydrogen-bond donors (Lipinski definition) is 2. The molecule has 0 fully saturated rings. The number of nitrogens with one attached hydrogen (secondary N) is 1. The Hall–Kier alpha value is -2.31. The van der Waals surface area contributed by atoms with Gasteiger partial charge in [-0.3, -0.25) is 9.59 Å². The summed E-state index contributed by atoms with van der Waals surface area (Å²) in [5.41, 5.74) is 0.268. The van der Waals surface area contributed by atoms with Gasteiger partial charge >= 0.3 is 11.9 Å². The lowest BCUT2D eigenvalue weighted by molar-refractivity contribution is -0.142. The Labute approximate surface area is 109 Å². The van der Waals surface area contributed by atoms with Gasteiger partial charge in [0, 0.05) is 6.42 Å². The summed E-state index contributed by atoms with van der Waals surface area (Å²) in [7, 11) is 1.21. The van der Waals surface area contributed by atoms with Crippen LogP contribution in [0, 0.1) is 6.92 Å². The number of rotatable bonds is 6. The van der Waals surface area contributed by atoms with Gasteiger partial charge in [0.15, 0.2) is 0 Å². The summed E-state index contributed by atoms with van der Waals surface area (Å²) in [5.74, 6) is -1.89. The number of ether oxygens (including phenoxy) is 1. The molecule has 1 aromatic rings. The lowest BCUT2D eigenvalue weighted by atomic mass is 10.1. The molecule has 0 saturated carbocycles. The lowest BCUT2D eigenvalue weighted by Crippen LogP contribution is -2.41. The molecule has 104 valence electrons. The summed E-state index contributed by atoms with van der Waals surface area (Å²) in [6.07, 6.45) is 1.22. The quantitative estimate of drug-likeness (QED) is 0.737. The summed E-state index contributed by atoms with van der Waals surface area (Å²) in [6, 6.07) is 0.296. The van der Waals surface area contributed by atoms with Crippen LogP contribution < -0.4 is 5.32 Å². The summed E-state index contributed by atoms with van der Waals surface area (Å²) >= 11 is 0. The number of carboxylic acids is 1. The van der Waals surface area contributed by atoms with Gasteiger partial charge in [-0.1, -0.05) is 0 Å². The van der Waals surface area contributed by atoms with Crippen LogP contribution in [0.15, 0.2) is 16.7 Å². The van der Waals surface area contributed by atoms with Gasteiger partial charge in [0.25, 0.3) is 5.91 Å². The minimum atomic E-state index is -1.21.